The number of nitrogens with one attached hydrogen (secondary N) is 1. The van der Waals surface area contributed by atoms with Gasteiger partial charge in [0.1, 0.15) is 5.92 Å². The Kier molecular flexibility index (Phi) is 5.30. The molecule has 3 N–H and O–H groups in total. The molecule has 3 rings (SSSR count). The molecule has 0 aliphatic rings. The fraction of sp³-hybridized carbons (Fsp3) is 0.250. The predicted octanol–water partition coefficient (Wildman–Crippen LogP) is 4.59. The maximum Gasteiger partial charge on any atom is 0.313 e. The largest absolute Gasteiger partial charge is 0.481 e. The summed E-state index contributed by atoms with van der Waals surface area (Å²) in [5.41, 5.74) is 1.15. The van der Waals surface area contributed by atoms with E-state index in [1.807, 2.05) is 42.5 Å². The molecule has 0 bridgehead atoms. The van der Waals surface area contributed by atoms with Gasteiger partial charge in [0, 0.05) is 17.4 Å². The van der Waals surface area contributed by atoms with Crippen molar-refractivity contribution in [2.75, 3.05) is 0 Å². The smallest absolute Gasteiger partial charge is 0.313 e. The third-order valence-electron chi connectivity index (χ3n) is 4.73. The Bertz CT molecular complexity index is 918. The number of hydrogen-bond acceptors (Lipinski definition) is 2. The van der Waals surface area contributed by atoms with Crippen molar-refractivity contribution in [2.45, 2.75) is 31.1 Å². The van der Waals surface area contributed by atoms with Crippen LogP contribution in [0.4, 0.5) is 0 Å². The van der Waals surface area contributed by atoms with E-state index in [1.54, 1.807) is 25.1 Å². The number of benzene rings is 2. The van der Waals surface area contributed by atoms with Crippen molar-refractivity contribution in [3.05, 3.63) is 71.9 Å². The van der Waals surface area contributed by atoms with E-state index in [4.69, 9.17) is 0 Å². The van der Waals surface area contributed by atoms with Gasteiger partial charge < -0.3 is 15.0 Å². The van der Waals surface area contributed by atoms with Crippen molar-refractivity contribution in [3.8, 4) is 0 Å². The van der Waals surface area contributed by atoms with Gasteiger partial charge in [0.05, 0.1) is 5.66 Å². The molecule has 0 aliphatic heterocycles. The molecule has 0 saturated heterocycles. The summed E-state index contributed by atoms with van der Waals surface area (Å²) in [6, 6.07) is 18.3. The zero-order valence-corrected chi connectivity index (χ0v) is 15.4. The topological polar surface area (TPSA) is 90.4 Å². The van der Waals surface area contributed by atoms with Crippen molar-refractivity contribution < 1.29 is 19.4 Å². The van der Waals surface area contributed by atoms with E-state index in [0.717, 1.165) is 16.5 Å². The first-order valence-electron chi connectivity index (χ1n) is 8.58. The Morgan fingerprint density at radius 3 is 2.38 bits per heavy atom. The van der Waals surface area contributed by atoms with Gasteiger partial charge in [-0.2, -0.15) is 0 Å². The zero-order chi connectivity index (χ0) is 18.7. The summed E-state index contributed by atoms with van der Waals surface area (Å²) < 4.78 is 13.1. The van der Waals surface area contributed by atoms with Crippen LogP contribution in [0.2, 0.25) is 0 Å². The van der Waals surface area contributed by atoms with E-state index in [-0.39, 0.29) is 6.16 Å². The van der Waals surface area contributed by atoms with Gasteiger partial charge in [0.15, 0.2) is 0 Å². The second-order valence-electron chi connectivity index (χ2n) is 6.50. The van der Waals surface area contributed by atoms with Gasteiger partial charge in [-0.15, -0.1) is 0 Å². The fourth-order valence-corrected chi connectivity index (χ4v) is 5.78. The molecule has 5 nitrogen and oxygen atoms in total. The molecule has 0 aliphatic carbocycles. The molecule has 3 aromatic rings. The number of hydrogen-bond donors (Lipinski definition) is 3. The minimum absolute atomic E-state index is 0.0314. The Hall–Kier alpha value is -2.36. The quantitative estimate of drug-likeness (QED) is 0.530. The highest BCUT2D eigenvalue weighted by Crippen LogP contribution is 2.55. The lowest BCUT2D eigenvalue weighted by molar-refractivity contribution is -0.139. The molecule has 0 radical (unpaired) electrons. The van der Waals surface area contributed by atoms with E-state index in [2.05, 4.69) is 4.98 Å². The predicted molar refractivity (Wildman–Crippen MR) is 103 cm³/mol. The number of rotatable bonds is 7. The summed E-state index contributed by atoms with van der Waals surface area (Å²) in [7, 11) is -3.74. The molecule has 0 amide bonds. The Morgan fingerprint density at radius 2 is 1.77 bits per heavy atom. The normalized spacial score (nSPS) is 16.1. The molecule has 136 valence electrons. The molecule has 26 heavy (non-hydrogen) atoms. The highest BCUT2D eigenvalue weighted by atomic mass is 31.2. The van der Waals surface area contributed by atoms with Gasteiger partial charge in [-0.05, 0) is 29.5 Å². The number of para-hydroxylation sites is 1. The van der Waals surface area contributed by atoms with Crippen LogP contribution in [0.3, 0.4) is 0 Å². The van der Waals surface area contributed by atoms with E-state index in [0.29, 0.717) is 12.1 Å². The SMILES string of the molecule is CCC(C(C(=O)O)c1cc2ccccc2[nH]1)P(=O)(O)Cc1ccccc1. The number of H-pyrrole nitrogens is 1. The van der Waals surface area contributed by atoms with Crippen LogP contribution >= 0.6 is 7.37 Å². The van der Waals surface area contributed by atoms with E-state index < -0.39 is 24.9 Å². The van der Waals surface area contributed by atoms with Crippen molar-refractivity contribution in [1.82, 2.24) is 4.98 Å². The van der Waals surface area contributed by atoms with Crippen molar-refractivity contribution in [1.29, 1.82) is 0 Å². The molecule has 1 heterocycles. The maximum absolute atomic E-state index is 13.1. The van der Waals surface area contributed by atoms with Gasteiger partial charge in [-0.1, -0.05) is 55.5 Å². The van der Waals surface area contributed by atoms with Gasteiger partial charge in [-0.25, -0.2) is 0 Å². The number of carbonyl (C=O) groups is 1. The fourth-order valence-electron chi connectivity index (χ4n) is 3.48. The van der Waals surface area contributed by atoms with Crippen LogP contribution < -0.4 is 0 Å². The van der Waals surface area contributed by atoms with Crippen LogP contribution in [0, 0.1) is 0 Å². The summed E-state index contributed by atoms with van der Waals surface area (Å²) in [6.07, 6.45) is 0.267. The Morgan fingerprint density at radius 1 is 1.12 bits per heavy atom. The van der Waals surface area contributed by atoms with Crippen molar-refractivity contribution >= 4 is 24.2 Å². The van der Waals surface area contributed by atoms with E-state index in [9.17, 15) is 19.4 Å². The lowest BCUT2D eigenvalue weighted by Crippen LogP contribution is -2.27. The molecule has 0 saturated carbocycles. The maximum atomic E-state index is 13.1. The zero-order valence-electron chi connectivity index (χ0n) is 14.5. The van der Waals surface area contributed by atoms with Crippen LogP contribution in [0.15, 0.2) is 60.7 Å². The Labute approximate surface area is 152 Å². The van der Waals surface area contributed by atoms with Gasteiger partial charge in [0.2, 0.25) is 7.37 Å². The van der Waals surface area contributed by atoms with Crippen LogP contribution in [-0.4, -0.2) is 26.6 Å². The van der Waals surface area contributed by atoms with Crippen LogP contribution in [0.25, 0.3) is 10.9 Å². The van der Waals surface area contributed by atoms with Crippen molar-refractivity contribution in [3.63, 3.8) is 0 Å². The summed E-state index contributed by atoms with van der Waals surface area (Å²) in [4.78, 5) is 25.9. The number of carboxylic acid groups (broad SMARTS) is 1. The molecule has 0 spiro atoms. The number of aromatic nitrogens is 1. The first kappa shape index (κ1) is 18.4. The van der Waals surface area contributed by atoms with E-state index >= 15 is 0 Å². The monoisotopic (exact) mass is 371 g/mol. The first-order valence-corrected chi connectivity index (χ1v) is 10.5. The highest BCUT2D eigenvalue weighted by molar-refractivity contribution is 7.58. The number of fused-ring (bicyclic) bond motifs is 1. The molecule has 3 unspecified atom stereocenters. The lowest BCUT2D eigenvalue weighted by atomic mass is 9.99. The van der Waals surface area contributed by atoms with Crippen molar-refractivity contribution in [2.24, 2.45) is 0 Å². The van der Waals surface area contributed by atoms with E-state index in [1.165, 1.54) is 0 Å². The summed E-state index contributed by atoms with van der Waals surface area (Å²) in [5, 5.41) is 10.7. The summed E-state index contributed by atoms with van der Waals surface area (Å²) in [6.45, 7) is 1.76. The van der Waals surface area contributed by atoms with Gasteiger partial charge in [-0.3, -0.25) is 9.36 Å². The molecular formula is C20H22NO4P. The average molecular weight is 371 g/mol. The van der Waals surface area contributed by atoms with Gasteiger partial charge in [0.25, 0.3) is 0 Å². The minimum atomic E-state index is -3.74. The van der Waals surface area contributed by atoms with Crippen LogP contribution in [0.5, 0.6) is 0 Å². The molecular weight excluding hydrogens is 349 g/mol. The third-order valence-corrected chi connectivity index (χ3v) is 7.24. The lowest BCUT2D eigenvalue weighted by Gasteiger charge is -2.27. The summed E-state index contributed by atoms with van der Waals surface area (Å²) >= 11 is 0. The highest BCUT2D eigenvalue weighted by Gasteiger charge is 2.41. The molecule has 3 atom stereocenters. The standard InChI is InChI=1S/C20H22NO4P/c1-2-18(26(24,25)13-14-8-4-3-5-9-14)19(20(22)23)17-12-15-10-6-7-11-16(15)21-17/h3-12,18-19,21H,2,13H2,1H3,(H,22,23)(H,24,25). The Balaban J connectivity index is 1.98. The summed E-state index contributed by atoms with van der Waals surface area (Å²) in [5.74, 6) is -2.15. The number of aromatic amines is 1. The third kappa shape index (κ3) is 3.74. The molecule has 0 fully saturated rings. The molecule has 6 heteroatoms. The second-order valence-corrected chi connectivity index (χ2v) is 8.99. The minimum Gasteiger partial charge on any atom is -0.481 e. The number of carboxylic acids is 1. The molecule has 2 aromatic carbocycles. The number of aliphatic carboxylic acids is 1. The van der Waals surface area contributed by atoms with Crippen LogP contribution in [0.1, 0.15) is 30.5 Å². The second kappa shape index (κ2) is 7.48. The van der Waals surface area contributed by atoms with Crippen LogP contribution in [-0.2, 0) is 15.5 Å². The van der Waals surface area contributed by atoms with Gasteiger partial charge >= 0.3 is 5.97 Å². The molecule has 1 aromatic heterocycles. The average Bonchev–Trinajstić information content (AvgIpc) is 3.02. The first-order chi connectivity index (χ1) is 12.4.